The van der Waals surface area contributed by atoms with Crippen LogP contribution < -0.4 is 15.5 Å². The second-order valence-corrected chi connectivity index (χ2v) is 6.96. The Morgan fingerprint density at radius 3 is 1.93 bits per heavy atom. The van der Waals surface area contributed by atoms with Gasteiger partial charge in [0.1, 0.15) is 5.82 Å². The van der Waals surface area contributed by atoms with E-state index in [0.29, 0.717) is 61.1 Å². The number of pyridine rings is 1. The summed E-state index contributed by atoms with van der Waals surface area (Å²) in [6.45, 7) is 5.43. The fraction of sp³-hybridized carbons (Fsp3) is 0.579. The van der Waals surface area contributed by atoms with Gasteiger partial charge >= 0.3 is 0 Å². The molecule has 0 amide bonds. The van der Waals surface area contributed by atoms with E-state index in [2.05, 4.69) is 14.8 Å². The van der Waals surface area contributed by atoms with E-state index in [1.165, 1.54) is 0 Å². The third-order valence-corrected chi connectivity index (χ3v) is 5.08. The maximum Gasteiger partial charge on any atom is 0.230 e. The normalized spacial score (nSPS) is 17.6. The largest absolute Gasteiger partial charge is 0.384 e. The van der Waals surface area contributed by atoms with Crippen LogP contribution in [-0.2, 0) is 18.9 Å². The van der Waals surface area contributed by atoms with Gasteiger partial charge < -0.3 is 34.5 Å². The summed E-state index contributed by atoms with van der Waals surface area (Å²) in [6.07, 6.45) is 1.03. The third kappa shape index (κ3) is 4.43. The molecule has 2 aliphatic heterocycles. The predicted molar refractivity (Wildman–Crippen MR) is 110 cm³/mol. The smallest absolute Gasteiger partial charge is 0.230 e. The summed E-state index contributed by atoms with van der Waals surface area (Å²) in [7, 11) is 3.14. The molecule has 2 saturated heterocycles. The number of hydrogen-bond donors (Lipinski definition) is 1. The molecular weight excluding hydrogens is 390 g/mol. The third-order valence-electron chi connectivity index (χ3n) is 5.08. The zero-order chi connectivity index (χ0) is 20.9. The highest BCUT2D eigenvalue weighted by molar-refractivity contribution is 5.64. The first kappa shape index (κ1) is 20.7. The van der Waals surface area contributed by atoms with Crippen LogP contribution in [0.2, 0.25) is 0 Å². The van der Waals surface area contributed by atoms with Crippen LogP contribution in [0.25, 0.3) is 11.4 Å². The van der Waals surface area contributed by atoms with Gasteiger partial charge in [-0.15, -0.1) is 0 Å². The highest BCUT2D eigenvalue weighted by Crippen LogP contribution is 2.31. The van der Waals surface area contributed by atoms with Crippen molar-refractivity contribution in [1.82, 2.24) is 19.9 Å². The lowest BCUT2D eigenvalue weighted by Gasteiger charge is -2.30. The zero-order valence-corrected chi connectivity index (χ0v) is 17.3. The maximum atomic E-state index is 5.93. The highest BCUT2D eigenvalue weighted by atomic mass is 16.7. The molecule has 2 fully saturated rings. The van der Waals surface area contributed by atoms with Crippen LogP contribution >= 0.6 is 0 Å². The van der Waals surface area contributed by atoms with Crippen molar-refractivity contribution in [3.8, 4) is 11.4 Å². The number of hydrogen-bond acceptors (Lipinski definition) is 11. The molecule has 0 radical (unpaired) electrons. The first-order valence-corrected chi connectivity index (χ1v) is 9.92. The summed E-state index contributed by atoms with van der Waals surface area (Å²) in [6, 6.07) is 1.72. The minimum absolute atomic E-state index is 0.365. The molecule has 2 aromatic rings. The Kier molecular flexibility index (Phi) is 6.53. The van der Waals surface area contributed by atoms with Gasteiger partial charge in [-0.05, 0) is 6.07 Å². The number of ether oxygens (including phenoxy) is 4. The van der Waals surface area contributed by atoms with Gasteiger partial charge in [0.05, 0.1) is 26.4 Å². The van der Waals surface area contributed by atoms with Crippen molar-refractivity contribution in [2.24, 2.45) is 0 Å². The molecular formula is C19H27N7O4. The molecule has 0 atom stereocenters. The molecule has 2 N–H and O–H groups in total. The molecule has 0 spiro atoms. The number of methoxy groups -OCH3 is 2. The average molecular weight is 417 g/mol. The van der Waals surface area contributed by atoms with Crippen molar-refractivity contribution in [3.05, 3.63) is 17.8 Å². The van der Waals surface area contributed by atoms with E-state index in [-0.39, 0.29) is 0 Å². The number of nitrogens with two attached hydrogens (primary N) is 1. The van der Waals surface area contributed by atoms with Crippen molar-refractivity contribution < 1.29 is 18.9 Å². The number of nitrogens with zero attached hydrogens (tertiary/aromatic N) is 6. The summed E-state index contributed by atoms with van der Waals surface area (Å²) in [5.41, 5.74) is 7.32. The molecule has 4 rings (SSSR count). The minimum Gasteiger partial charge on any atom is -0.384 e. The SMILES string of the molecule is COC(OC)c1cc(N)ncc1-c1nc(N2CCOCC2)nc(N2CCOCC2)n1. The van der Waals surface area contributed by atoms with Crippen molar-refractivity contribution >= 4 is 17.7 Å². The Morgan fingerprint density at radius 1 is 0.900 bits per heavy atom. The number of anilines is 3. The first-order chi connectivity index (χ1) is 14.7. The van der Waals surface area contributed by atoms with E-state index < -0.39 is 6.29 Å². The van der Waals surface area contributed by atoms with Crippen LogP contribution in [0.15, 0.2) is 12.3 Å². The lowest BCUT2D eigenvalue weighted by Crippen LogP contribution is -2.40. The van der Waals surface area contributed by atoms with Gasteiger partial charge in [0.15, 0.2) is 12.1 Å². The number of rotatable bonds is 6. The molecule has 0 bridgehead atoms. The quantitative estimate of drug-likeness (QED) is 0.661. The Morgan fingerprint density at radius 2 is 1.43 bits per heavy atom. The molecule has 4 heterocycles. The number of morpholine rings is 2. The zero-order valence-electron chi connectivity index (χ0n) is 17.3. The molecule has 0 saturated carbocycles. The van der Waals surface area contributed by atoms with Gasteiger partial charge in [0.25, 0.3) is 0 Å². The average Bonchev–Trinajstić information content (AvgIpc) is 2.81. The van der Waals surface area contributed by atoms with Gasteiger partial charge in [0, 0.05) is 57.7 Å². The molecule has 0 unspecified atom stereocenters. The lowest BCUT2D eigenvalue weighted by molar-refractivity contribution is -0.105. The Balaban J connectivity index is 1.80. The van der Waals surface area contributed by atoms with Crippen LogP contribution in [0, 0.1) is 0 Å². The standard InChI is InChI=1S/C19H27N7O4/c1-27-17(28-2)13-11-15(20)21-12-14(13)16-22-18(25-3-7-29-8-4-25)24-19(23-16)26-5-9-30-10-6-26/h11-12,17H,3-10H2,1-2H3,(H2,20,21). The summed E-state index contributed by atoms with van der Waals surface area (Å²) >= 11 is 0. The molecule has 162 valence electrons. The first-order valence-electron chi connectivity index (χ1n) is 9.92. The summed E-state index contributed by atoms with van der Waals surface area (Å²) in [4.78, 5) is 22.7. The van der Waals surface area contributed by atoms with E-state index in [1.54, 1.807) is 26.5 Å². The summed E-state index contributed by atoms with van der Waals surface area (Å²) < 4.78 is 21.9. The topological polar surface area (TPSA) is 121 Å². The lowest BCUT2D eigenvalue weighted by atomic mass is 10.1. The molecule has 30 heavy (non-hydrogen) atoms. The van der Waals surface area contributed by atoms with Crippen LogP contribution in [0.3, 0.4) is 0 Å². The number of aromatic nitrogens is 4. The van der Waals surface area contributed by atoms with Gasteiger partial charge in [0.2, 0.25) is 11.9 Å². The second kappa shape index (κ2) is 9.47. The summed E-state index contributed by atoms with van der Waals surface area (Å²) in [5, 5.41) is 0. The van der Waals surface area contributed by atoms with Gasteiger partial charge in [-0.2, -0.15) is 15.0 Å². The molecule has 0 aliphatic carbocycles. The number of nitrogen functional groups attached to an aromatic ring is 1. The van der Waals surface area contributed by atoms with Crippen molar-refractivity contribution in [2.75, 3.05) is 82.4 Å². The van der Waals surface area contributed by atoms with Crippen LogP contribution in [0.5, 0.6) is 0 Å². The van der Waals surface area contributed by atoms with Crippen LogP contribution in [-0.4, -0.2) is 86.8 Å². The molecule has 11 heteroatoms. The molecule has 2 aromatic heterocycles. The molecule has 0 aromatic carbocycles. The molecule has 11 nitrogen and oxygen atoms in total. The minimum atomic E-state index is -0.624. The van der Waals surface area contributed by atoms with E-state index in [9.17, 15) is 0 Å². The van der Waals surface area contributed by atoms with Gasteiger partial charge in [-0.3, -0.25) is 0 Å². The molecule has 2 aliphatic rings. The van der Waals surface area contributed by atoms with Crippen molar-refractivity contribution in [3.63, 3.8) is 0 Å². The van der Waals surface area contributed by atoms with Crippen LogP contribution in [0.4, 0.5) is 17.7 Å². The van der Waals surface area contributed by atoms with Crippen LogP contribution in [0.1, 0.15) is 11.9 Å². The van der Waals surface area contributed by atoms with E-state index >= 15 is 0 Å². The Hall–Kier alpha value is -2.60. The monoisotopic (exact) mass is 417 g/mol. The second-order valence-electron chi connectivity index (χ2n) is 6.96. The summed E-state index contributed by atoms with van der Waals surface area (Å²) in [5.74, 6) is 2.08. The van der Waals surface area contributed by atoms with Crippen molar-refractivity contribution in [2.45, 2.75) is 6.29 Å². The van der Waals surface area contributed by atoms with E-state index in [4.69, 9.17) is 39.6 Å². The highest BCUT2D eigenvalue weighted by Gasteiger charge is 2.24. The fourth-order valence-corrected chi connectivity index (χ4v) is 3.50. The van der Waals surface area contributed by atoms with Gasteiger partial charge in [-0.1, -0.05) is 0 Å². The maximum absolute atomic E-state index is 5.93. The Bertz CT molecular complexity index is 817. The van der Waals surface area contributed by atoms with E-state index in [0.717, 1.165) is 26.2 Å². The van der Waals surface area contributed by atoms with E-state index in [1.807, 2.05) is 0 Å². The fourth-order valence-electron chi connectivity index (χ4n) is 3.50. The van der Waals surface area contributed by atoms with Gasteiger partial charge in [-0.25, -0.2) is 4.98 Å². The Labute approximate surface area is 175 Å². The van der Waals surface area contributed by atoms with Crippen molar-refractivity contribution in [1.29, 1.82) is 0 Å². The predicted octanol–water partition coefficient (Wildman–Crippen LogP) is 0.480.